The fourth-order valence-electron chi connectivity index (χ4n) is 1.64. The van der Waals surface area contributed by atoms with Crippen LogP contribution in [0.4, 0.5) is 5.69 Å². The van der Waals surface area contributed by atoms with Crippen molar-refractivity contribution in [1.82, 2.24) is 0 Å². The van der Waals surface area contributed by atoms with E-state index in [2.05, 4.69) is 22.2 Å². The molecule has 0 amide bonds. The standard InChI is InChI=1S/C12H14N4.2BrH/c1-10(13)15-12-5-2-4-11(8-12)9-16-7-3-6-14-16;;/h2-8H,9H2,1H3,(H2,13,15);2*1H. The molecule has 0 bridgehead atoms. The van der Waals surface area contributed by atoms with Crippen molar-refractivity contribution in [3.05, 3.63) is 42.1 Å². The first-order chi connectivity index (χ1) is 7.74. The van der Waals surface area contributed by atoms with Crippen molar-refractivity contribution in [3.63, 3.8) is 0 Å². The van der Waals surface area contributed by atoms with Gasteiger partial charge in [-0.25, -0.2) is 4.99 Å². The highest BCUT2D eigenvalue weighted by molar-refractivity contribution is 5.72. The zero-order valence-corrected chi connectivity index (χ0v) is 13.2. The molecule has 6 heteroatoms. The minimum Gasteiger partial charge on any atom is -1.00 e. The maximum Gasteiger partial charge on any atom is 0.242 e. The summed E-state index contributed by atoms with van der Waals surface area (Å²) in [7, 11) is 0. The average Bonchev–Trinajstić information content (AvgIpc) is 2.70. The van der Waals surface area contributed by atoms with Gasteiger partial charge in [0.05, 0.1) is 6.21 Å². The SMILES string of the molecule is CC(N)=[NH+]c1cccc(C[NH+]2C=CC=N2)c1.[Br-].[Br-]. The first kappa shape index (κ1) is 17.0. The molecule has 18 heavy (non-hydrogen) atoms. The molecule has 0 saturated heterocycles. The van der Waals surface area contributed by atoms with Gasteiger partial charge >= 0.3 is 0 Å². The molecule has 0 fully saturated rings. The summed E-state index contributed by atoms with van der Waals surface area (Å²) in [5, 5.41) is 5.34. The van der Waals surface area contributed by atoms with Crippen LogP contribution < -0.4 is 49.7 Å². The van der Waals surface area contributed by atoms with E-state index in [1.807, 2.05) is 37.5 Å². The van der Waals surface area contributed by atoms with Crippen LogP contribution in [0.5, 0.6) is 0 Å². The zero-order chi connectivity index (χ0) is 11.4. The third-order valence-electron chi connectivity index (χ3n) is 2.27. The van der Waals surface area contributed by atoms with Gasteiger partial charge < -0.3 is 34.0 Å². The summed E-state index contributed by atoms with van der Waals surface area (Å²) in [6, 6.07) is 8.19. The molecule has 4 nitrogen and oxygen atoms in total. The van der Waals surface area contributed by atoms with E-state index in [-0.39, 0.29) is 34.0 Å². The lowest BCUT2D eigenvalue weighted by Gasteiger charge is -2.04. The van der Waals surface area contributed by atoms with Crippen LogP contribution in [-0.2, 0) is 6.54 Å². The second-order valence-electron chi connectivity index (χ2n) is 3.81. The molecule has 0 aromatic heterocycles. The molecule has 1 atom stereocenters. The van der Waals surface area contributed by atoms with Crippen LogP contribution in [-0.4, -0.2) is 12.1 Å². The number of nitrogens with zero attached hydrogens (tertiary/aromatic N) is 1. The summed E-state index contributed by atoms with van der Waals surface area (Å²) < 4.78 is 0. The zero-order valence-electron chi connectivity index (χ0n) is 10.0. The summed E-state index contributed by atoms with van der Waals surface area (Å²) in [5.41, 5.74) is 7.85. The van der Waals surface area contributed by atoms with Crippen molar-refractivity contribution >= 4 is 17.7 Å². The Morgan fingerprint density at radius 3 is 2.78 bits per heavy atom. The fourth-order valence-corrected chi connectivity index (χ4v) is 1.64. The molecule has 1 aliphatic rings. The maximum atomic E-state index is 5.60. The summed E-state index contributed by atoms with van der Waals surface area (Å²) in [5.74, 6) is 0.698. The molecule has 0 radical (unpaired) electrons. The van der Waals surface area contributed by atoms with Gasteiger partial charge in [-0.3, -0.25) is 5.73 Å². The number of rotatable bonds is 3. The predicted molar refractivity (Wildman–Crippen MR) is 64.2 cm³/mol. The number of hydrogen-bond donors (Lipinski definition) is 3. The van der Waals surface area contributed by atoms with Crippen molar-refractivity contribution in [2.75, 3.05) is 0 Å². The lowest BCUT2D eigenvalue weighted by atomic mass is 10.2. The van der Waals surface area contributed by atoms with E-state index in [1.54, 1.807) is 0 Å². The lowest BCUT2D eigenvalue weighted by Crippen LogP contribution is -3.00. The summed E-state index contributed by atoms with van der Waals surface area (Å²) in [4.78, 5) is 3.10. The molecule has 2 rings (SSSR count). The third-order valence-corrected chi connectivity index (χ3v) is 2.27. The Kier molecular flexibility index (Phi) is 7.73. The van der Waals surface area contributed by atoms with Crippen molar-refractivity contribution < 1.29 is 44.0 Å². The molecular weight excluding hydrogens is 360 g/mol. The number of amidine groups is 1. The van der Waals surface area contributed by atoms with Crippen molar-refractivity contribution in [2.24, 2.45) is 10.8 Å². The largest absolute Gasteiger partial charge is 1.00 e. The van der Waals surface area contributed by atoms with E-state index in [4.69, 9.17) is 5.73 Å². The summed E-state index contributed by atoms with van der Waals surface area (Å²) in [6.45, 7) is 2.69. The van der Waals surface area contributed by atoms with Crippen LogP contribution in [0, 0.1) is 0 Å². The van der Waals surface area contributed by atoms with Crippen LogP contribution in [0.15, 0.2) is 41.6 Å². The topological polar surface area (TPSA) is 56.8 Å². The summed E-state index contributed by atoms with van der Waals surface area (Å²) >= 11 is 0. The fraction of sp³-hybridized carbons (Fsp3) is 0.167. The lowest BCUT2D eigenvalue weighted by molar-refractivity contribution is -0.865. The molecular formula is C12H16Br2N4. The Labute approximate surface area is 128 Å². The van der Waals surface area contributed by atoms with Gasteiger partial charge in [0.2, 0.25) is 5.84 Å². The van der Waals surface area contributed by atoms with Crippen LogP contribution in [0.2, 0.25) is 0 Å². The van der Waals surface area contributed by atoms with E-state index >= 15 is 0 Å². The number of benzene rings is 1. The summed E-state index contributed by atoms with van der Waals surface area (Å²) in [6.07, 6.45) is 5.80. The first-order valence-corrected chi connectivity index (χ1v) is 5.25. The van der Waals surface area contributed by atoms with Gasteiger partial charge in [-0.2, -0.15) is 5.01 Å². The quantitative estimate of drug-likeness (QED) is 0.357. The van der Waals surface area contributed by atoms with E-state index in [0.717, 1.165) is 17.2 Å². The Balaban J connectivity index is 0.00000144. The van der Waals surface area contributed by atoms with E-state index < -0.39 is 0 Å². The Bertz CT molecular complexity index is 453. The van der Waals surface area contributed by atoms with Crippen molar-refractivity contribution in [1.29, 1.82) is 0 Å². The second kappa shape index (κ2) is 8.18. The van der Waals surface area contributed by atoms with E-state index in [0.29, 0.717) is 5.84 Å². The second-order valence-corrected chi connectivity index (χ2v) is 3.81. The van der Waals surface area contributed by atoms with E-state index in [1.165, 1.54) is 5.56 Å². The first-order valence-electron chi connectivity index (χ1n) is 5.25. The minimum atomic E-state index is 0. The molecule has 0 aliphatic carbocycles. The number of hydrogen-bond acceptors (Lipinski definition) is 1. The molecule has 1 unspecified atom stereocenters. The molecule has 1 aliphatic heterocycles. The molecule has 1 aromatic carbocycles. The highest BCUT2D eigenvalue weighted by Gasteiger charge is 2.08. The molecule has 1 aromatic rings. The van der Waals surface area contributed by atoms with Gasteiger partial charge in [0.15, 0.2) is 0 Å². The number of nitrogens with one attached hydrogen (secondary N) is 2. The van der Waals surface area contributed by atoms with Gasteiger partial charge in [0, 0.05) is 18.6 Å². The number of allylic oxidation sites excluding steroid dienone is 1. The minimum absolute atomic E-state index is 0. The van der Waals surface area contributed by atoms with Crippen molar-refractivity contribution in [2.45, 2.75) is 13.5 Å². The van der Waals surface area contributed by atoms with E-state index in [9.17, 15) is 0 Å². The van der Waals surface area contributed by atoms with Crippen LogP contribution in [0.3, 0.4) is 0 Å². The smallest absolute Gasteiger partial charge is 0.242 e. The number of halogens is 2. The number of quaternary nitrogens is 1. The van der Waals surface area contributed by atoms with Gasteiger partial charge in [-0.15, -0.1) is 0 Å². The van der Waals surface area contributed by atoms with Crippen LogP contribution >= 0.6 is 0 Å². The van der Waals surface area contributed by atoms with Crippen LogP contribution in [0.25, 0.3) is 0 Å². The Morgan fingerprint density at radius 2 is 2.17 bits per heavy atom. The average molecular weight is 376 g/mol. The molecule has 0 spiro atoms. The predicted octanol–water partition coefficient (Wildman–Crippen LogP) is -7.32. The monoisotopic (exact) mass is 374 g/mol. The van der Waals surface area contributed by atoms with Gasteiger partial charge in [0.1, 0.15) is 18.4 Å². The Hall–Kier alpha value is -0.980. The van der Waals surface area contributed by atoms with Crippen LogP contribution in [0.1, 0.15) is 12.5 Å². The van der Waals surface area contributed by atoms with Gasteiger partial charge in [-0.1, -0.05) is 17.2 Å². The highest BCUT2D eigenvalue weighted by Crippen LogP contribution is 2.03. The molecule has 98 valence electrons. The third kappa shape index (κ3) is 5.12. The molecule has 4 N–H and O–H groups in total. The van der Waals surface area contributed by atoms with Crippen molar-refractivity contribution in [3.8, 4) is 0 Å². The van der Waals surface area contributed by atoms with Gasteiger partial charge in [-0.05, 0) is 12.1 Å². The molecule has 0 saturated carbocycles. The molecule has 1 heterocycles. The highest BCUT2D eigenvalue weighted by atomic mass is 79.9. The number of nitrogens with two attached hydrogens (primary N) is 1. The normalized spacial score (nSPS) is 17.2. The Morgan fingerprint density at radius 1 is 1.39 bits per heavy atom. The maximum absolute atomic E-state index is 5.60. The van der Waals surface area contributed by atoms with Gasteiger partial charge in [0.25, 0.3) is 0 Å².